The molecule has 1 aliphatic rings. The Morgan fingerprint density at radius 3 is 2.74 bits per heavy atom. The molecular formula is C20H20N2O4S. The van der Waals surface area contributed by atoms with Gasteiger partial charge in [-0.1, -0.05) is 30.3 Å². The van der Waals surface area contributed by atoms with Crippen molar-refractivity contribution in [2.75, 3.05) is 24.7 Å². The maximum absolute atomic E-state index is 12.3. The van der Waals surface area contributed by atoms with E-state index in [1.165, 1.54) is 4.90 Å². The number of carbonyl (C=O) groups excluding carboxylic acids is 3. The molecule has 7 heteroatoms. The molecule has 0 atom stereocenters. The summed E-state index contributed by atoms with van der Waals surface area (Å²) in [6.45, 7) is 0.111. The number of fused-ring (bicyclic) bond motifs is 1. The minimum Gasteiger partial charge on any atom is -0.452 e. The van der Waals surface area contributed by atoms with Gasteiger partial charge in [0.1, 0.15) is 0 Å². The third kappa shape index (κ3) is 5.10. The first-order chi connectivity index (χ1) is 13.0. The Kier molecular flexibility index (Phi) is 6.13. The number of benzene rings is 2. The van der Waals surface area contributed by atoms with Gasteiger partial charge < -0.3 is 15.0 Å². The summed E-state index contributed by atoms with van der Waals surface area (Å²) in [6.07, 6.45) is 0.432. The molecule has 0 saturated heterocycles. The average Bonchev–Trinajstić information content (AvgIpc) is 2.86. The van der Waals surface area contributed by atoms with Gasteiger partial charge in [-0.05, 0) is 23.8 Å². The normalized spacial score (nSPS) is 13.1. The molecule has 3 rings (SSSR count). The lowest BCUT2D eigenvalue weighted by Gasteiger charge is -2.17. The lowest BCUT2D eigenvalue weighted by Crippen LogP contribution is -2.30. The Bertz CT molecular complexity index is 854. The maximum atomic E-state index is 12.3. The summed E-state index contributed by atoms with van der Waals surface area (Å²) < 4.78 is 5.15. The molecule has 6 nitrogen and oxygen atoms in total. The van der Waals surface area contributed by atoms with Crippen LogP contribution >= 0.6 is 11.8 Å². The number of hydrogen-bond donors (Lipinski definition) is 1. The van der Waals surface area contributed by atoms with Crippen molar-refractivity contribution in [1.82, 2.24) is 4.90 Å². The van der Waals surface area contributed by atoms with Crippen molar-refractivity contribution in [1.29, 1.82) is 0 Å². The molecule has 1 N–H and O–H groups in total. The number of hydrogen-bond acceptors (Lipinski definition) is 5. The summed E-state index contributed by atoms with van der Waals surface area (Å²) in [4.78, 5) is 38.6. The Balaban J connectivity index is 1.57. The second-order valence-electron chi connectivity index (χ2n) is 6.17. The molecule has 0 fully saturated rings. The van der Waals surface area contributed by atoms with Gasteiger partial charge in [0.25, 0.3) is 5.91 Å². The molecule has 0 radical (unpaired) electrons. The number of nitrogens with zero attached hydrogens (tertiary/aromatic N) is 1. The first-order valence-corrected chi connectivity index (χ1v) is 9.53. The van der Waals surface area contributed by atoms with Crippen LogP contribution in [-0.4, -0.2) is 42.1 Å². The topological polar surface area (TPSA) is 75.7 Å². The van der Waals surface area contributed by atoms with Gasteiger partial charge in [0.05, 0.1) is 11.3 Å². The first kappa shape index (κ1) is 19.0. The van der Waals surface area contributed by atoms with Crippen molar-refractivity contribution < 1.29 is 19.1 Å². The van der Waals surface area contributed by atoms with Gasteiger partial charge >= 0.3 is 5.97 Å². The molecule has 27 heavy (non-hydrogen) atoms. The lowest BCUT2D eigenvalue weighted by molar-refractivity contribution is -0.133. The smallest absolute Gasteiger partial charge is 0.338 e. The summed E-state index contributed by atoms with van der Waals surface area (Å²) >= 11 is 1.56. The molecule has 0 bridgehead atoms. The van der Waals surface area contributed by atoms with Crippen molar-refractivity contribution in [2.24, 2.45) is 0 Å². The fourth-order valence-corrected chi connectivity index (χ4v) is 3.55. The molecule has 0 saturated carbocycles. The zero-order valence-corrected chi connectivity index (χ0v) is 15.8. The van der Waals surface area contributed by atoms with Crippen molar-refractivity contribution in [3.8, 4) is 0 Å². The number of nitrogens with one attached hydrogen (secondary N) is 1. The van der Waals surface area contributed by atoms with Crippen molar-refractivity contribution in [3.63, 3.8) is 0 Å². The lowest BCUT2D eigenvalue weighted by atomic mass is 10.2. The maximum Gasteiger partial charge on any atom is 0.338 e. The summed E-state index contributed by atoms with van der Waals surface area (Å²) in [7, 11) is 1.67. The van der Waals surface area contributed by atoms with Crippen LogP contribution in [0.3, 0.4) is 0 Å². The quantitative estimate of drug-likeness (QED) is 0.802. The largest absolute Gasteiger partial charge is 0.452 e. The summed E-state index contributed by atoms with van der Waals surface area (Å²) in [5, 5.41) is 2.79. The predicted octanol–water partition coefficient (Wildman–Crippen LogP) is 2.94. The third-order valence-electron chi connectivity index (χ3n) is 4.09. The Morgan fingerprint density at radius 1 is 1.19 bits per heavy atom. The van der Waals surface area contributed by atoms with Crippen LogP contribution in [0.4, 0.5) is 5.69 Å². The minimum atomic E-state index is -0.595. The van der Waals surface area contributed by atoms with E-state index in [1.807, 2.05) is 30.3 Å². The molecule has 1 heterocycles. The van der Waals surface area contributed by atoms with Gasteiger partial charge in [0, 0.05) is 30.7 Å². The van der Waals surface area contributed by atoms with Gasteiger partial charge in [-0.3, -0.25) is 9.59 Å². The SMILES string of the molecule is CN(Cc1ccccc1)C(=O)COC(=O)c1ccc2c(c1)NC(=O)CCS2. The summed E-state index contributed by atoms with van der Waals surface area (Å²) in [6, 6.07) is 14.6. The highest BCUT2D eigenvalue weighted by atomic mass is 32.2. The van der Waals surface area contributed by atoms with E-state index in [1.54, 1.807) is 37.0 Å². The van der Waals surface area contributed by atoms with Crippen LogP contribution in [0.1, 0.15) is 22.3 Å². The zero-order valence-electron chi connectivity index (χ0n) is 14.9. The second-order valence-corrected chi connectivity index (χ2v) is 7.31. The summed E-state index contributed by atoms with van der Waals surface area (Å²) in [5.41, 5.74) is 1.90. The fraction of sp³-hybridized carbons (Fsp3) is 0.250. The van der Waals surface area contributed by atoms with Gasteiger partial charge in [0.15, 0.2) is 6.61 Å². The van der Waals surface area contributed by atoms with Gasteiger partial charge in [0.2, 0.25) is 5.91 Å². The van der Waals surface area contributed by atoms with Crippen LogP contribution in [-0.2, 0) is 20.9 Å². The highest BCUT2D eigenvalue weighted by Crippen LogP contribution is 2.31. The molecule has 2 amide bonds. The molecule has 0 unspecified atom stereocenters. The zero-order chi connectivity index (χ0) is 19.2. The predicted molar refractivity (Wildman–Crippen MR) is 104 cm³/mol. The first-order valence-electron chi connectivity index (χ1n) is 8.54. The molecule has 0 aromatic heterocycles. The third-order valence-corrected chi connectivity index (χ3v) is 5.17. The Morgan fingerprint density at radius 2 is 1.96 bits per heavy atom. The highest BCUT2D eigenvalue weighted by Gasteiger charge is 2.18. The van der Waals surface area contributed by atoms with Crippen molar-refractivity contribution in [3.05, 3.63) is 59.7 Å². The van der Waals surface area contributed by atoms with Crippen LogP contribution in [0.15, 0.2) is 53.4 Å². The summed E-state index contributed by atoms with van der Waals surface area (Å²) in [5.74, 6) is -0.261. The molecule has 1 aliphatic heterocycles. The van der Waals surface area contributed by atoms with E-state index in [0.717, 1.165) is 10.5 Å². The van der Waals surface area contributed by atoms with E-state index in [-0.39, 0.29) is 18.4 Å². The molecular weight excluding hydrogens is 364 g/mol. The van der Waals surface area contributed by atoms with E-state index in [0.29, 0.717) is 30.0 Å². The van der Waals surface area contributed by atoms with Crippen LogP contribution in [0, 0.1) is 0 Å². The molecule has 2 aromatic carbocycles. The second kappa shape index (κ2) is 8.73. The van der Waals surface area contributed by atoms with Crippen LogP contribution in [0.5, 0.6) is 0 Å². The number of carbonyl (C=O) groups is 3. The molecule has 0 spiro atoms. The molecule has 140 valence electrons. The number of amides is 2. The van der Waals surface area contributed by atoms with Gasteiger partial charge in [-0.2, -0.15) is 0 Å². The standard InChI is InChI=1S/C20H20N2O4S/c1-22(12-14-5-3-2-4-6-14)19(24)13-26-20(25)15-7-8-17-16(11-15)21-18(23)9-10-27-17/h2-8,11H,9-10,12-13H2,1H3,(H,21,23). The number of ether oxygens (including phenoxy) is 1. The average molecular weight is 384 g/mol. The Hall–Kier alpha value is -2.80. The van der Waals surface area contributed by atoms with E-state index < -0.39 is 5.97 Å². The molecule has 0 aliphatic carbocycles. The van der Waals surface area contributed by atoms with E-state index in [4.69, 9.17) is 4.74 Å². The van der Waals surface area contributed by atoms with E-state index in [2.05, 4.69) is 5.32 Å². The van der Waals surface area contributed by atoms with Crippen molar-refractivity contribution in [2.45, 2.75) is 17.9 Å². The van der Waals surface area contributed by atoms with Crippen LogP contribution in [0.2, 0.25) is 0 Å². The van der Waals surface area contributed by atoms with E-state index >= 15 is 0 Å². The highest BCUT2D eigenvalue weighted by molar-refractivity contribution is 7.99. The van der Waals surface area contributed by atoms with Crippen molar-refractivity contribution >= 4 is 35.2 Å². The Labute approximate surface area is 161 Å². The number of anilines is 1. The minimum absolute atomic E-state index is 0.0792. The number of rotatable bonds is 5. The van der Waals surface area contributed by atoms with E-state index in [9.17, 15) is 14.4 Å². The van der Waals surface area contributed by atoms with Crippen LogP contribution < -0.4 is 5.32 Å². The number of thioether (sulfide) groups is 1. The number of likely N-dealkylation sites (N-methyl/N-ethyl adjacent to an activating group) is 1. The fourth-order valence-electron chi connectivity index (χ4n) is 2.61. The van der Waals surface area contributed by atoms with Gasteiger partial charge in [-0.25, -0.2) is 4.79 Å². The monoisotopic (exact) mass is 384 g/mol. The molecule has 2 aromatic rings. The van der Waals surface area contributed by atoms with Crippen LogP contribution in [0.25, 0.3) is 0 Å². The van der Waals surface area contributed by atoms with Gasteiger partial charge in [-0.15, -0.1) is 11.8 Å². The number of esters is 1.